The van der Waals surface area contributed by atoms with Crippen molar-refractivity contribution in [2.45, 2.75) is 21.5 Å². The van der Waals surface area contributed by atoms with Gasteiger partial charge in [-0.05, 0) is 39.9 Å². The summed E-state index contributed by atoms with van der Waals surface area (Å²) in [5, 5.41) is 23.1. The van der Waals surface area contributed by atoms with Crippen LogP contribution in [0.15, 0.2) is 63.5 Å². The average Bonchev–Trinajstić information content (AvgIpc) is 3.02. The smallest absolute Gasteiger partial charge is 0.258 e. The van der Waals surface area contributed by atoms with Crippen LogP contribution in [0, 0.1) is 10.1 Å². The predicted molar refractivity (Wildman–Crippen MR) is 93.7 cm³/mol. The Morgan fingerprint density at radius 3 is 2.58 bits per heavy atom. The largest absolute Gasteiger partial charge is 0.284 e. The summed E-state index contributed by atoms with van der Waals surface area (Å²) in [7, 11) is -3.55. The van der Waals surface area contributed by atoms with Crippen LogP contribution in [0.5, 0.6) is 0 Å². The van der Waals surface area contributed by atoms with Gasteiger partial charge in [-0.15, -0.1) is 5.10 Å². The molecule has 9 nitrogen and oxygen atoms in total. The van der Waals surface area contributed by atoms with Crippen LogP contribution in [0.2, 0.25) is 0 Å². The number of nitrogens with zero attached hydrogens (tertiary/aromatic N) is 5. The summed E-state index contributed by atoms with van der Waals surface area (Å²) in [6.45, 7) is 0.408. The van der Waals surface area contributed by atoms with Crippen LogP contribution in [0.1, 0.15) is 5.56 Å². The molecule has 0 aliphatic heterocycles. The number of rotatable bonds is 6. The lowest BCUT2D eigenvalue weighted by Crippen LogP contribution is -2.04. The van der Waals surface area contributed by atoms with Crippen LogP contribution in [-0.2, 0) is 16.4 Å². The quantitative estimate of drug-likeness (QED) is 0.463. The van der Waals surface area contributed by atoms with Crippen LogP contribution in [-0.4, -0.2) is 39.8 Å². The van der Waals surface area contributed by atoms with Gasteiger partial charge in [0.15, 0.2) is 9.84 Å². The van der Waals surface area contributed by atoms with Crippen molar-refractivity contribution in [2.75, 3.05) is 6.26 Å². The number of aromatic nitrogens is 4. The molecule has 0 radical (unpaired) electrons. The Morgan fingerprint density at radius 1 is 1.19 bits per heavy atom. The Morgan fingerprint density at radius 2 is 1.92 bits per heavy atom. The first-order valence-corrected chi connectivity index (χ1v) is 10.0. The zero-order valence-corrected chi connectivity index (χ0v) is 15.1. The molecule has 0 N–H and O–H groups in total. The molecule has 0 saturated heterocycles. The van der Waals surface area contributed by atoms with Gasteiger partial charge in [-0.1, -0.05) is 30.3 Å². The van der Waals surface area contributed by atoms with Gasteiger partial charge >= 0.3 is 0 Å². The monoisotopic (exact) mass is 391 g/mol. The normalized spacial score (nSPS) is 11.4. The van der Waals surface area contributed by atoms with Crippen LogP contribution in [0.4, 0.5) is 5.69 Å². The van der Waals surface area contributed by atoms with E-state index in [9.17, 15) is 18.5 Å². The molecule has 11 heteroatoms. The zero-order chi connectivity index (χ0) is 18.7. The van der Waals surface area contributed by atoms with Crippen molar-refractivity contribution < 1.29 is 13.3 Å². The van der Waals surface area contributed by atoms with E-state index in [0.29, 0.717) is 11.7 Å². The number of nitro benzene ring substituents is 1. The summed E-state index contributed by atoms with van der Waals surface area (Å²) in [4.78, 5) is 10.9. The first-order chi connectivity index (χ1) is 12.3. The molecule has 0 aliphatic rings. The van der Waals surface area contributed by atoms with E-state index in [1.807, 2.05) is 30.3 Å². The molecule has 0 saturated carbocycles. The highest BCUT2D eigenvalue weighted by Crippen LogP contribution is 2.35. The van der Waals surface area contributed by atoms with Gasteiger partial charge in [0.05, 0.1) is 21.3 Å². The molecule has 0 spiro atoms. The van der Waals surface area contributed by atoms with E-state index in [2.05, 4.69) is 15.5 Å². The van der Waals surface area contributed by atoms with Crippen molar-refractivity contribution >= 4 is 27.3 Å². The number of tetrazole rings is 1. The lowest BCUT2D eigenvalue weighted by Gasteiger charge is -2.06. The van der Waals surface area contributed by atoms with Gasteiger partial charge in [0.25, 0.3) is 5.69 Å². The van der Waals surface area contributed by atoms with Crippen LogP contribution in [0.25, 0.3) is 0 Å². The van der Waals surface area contributed by atoms with Gasteiger partial charge in [-0.2, -0.15) is 0 Å². The summed E-state index contributed by atoms with van der Waals surface area (Å²) in [5.74, 6) is 0. The second-order valence-electron chi connectivity index (χ2n) is 5.37. The molecule has 0 bridgehead atoms. The summed E-state index contributed by atoms with van der Waals surface area (Å²) >= 11 is 1.00. The Kier molecular flexibility index (Phi) is 5.00. The van der Waals surface area contributed by atoms with E-state index in [4.69, 9.17) is 0 Å². The number of hydrogen-bond donors (Lipinski definition) is 0. The van der Waals surface area contributed by atoms with Crippen molar-refractivity contribution in [3.8, 4) is 0 Å². The highest BCUT2D eigenvalue weighted by molar-refractivity contribution is 7.99. The Labute approximate surface area is 153 Å². The minimum absolute atomic E-state index is 0.113. The lowest BCUT2D eigenvalue weighted by molar-refractivity contribution is -0.388. The minimum atomic E-state index is -3.55. The van der Waals surface area contributed by atoms with Gasteiger partial charge in [0.1, 0.15) is 0 Å². The standard InChI is InChI=1S/C15H13N5O4S2/c1-26(23,24)12-7-8-14(13(9-12)20(21)22)25-15-16-17-18-19(15)10-11-5-3-2-4-6-11/h2-9H,10H2,1H3. The molecule has 1 aromatic heterocycles. The van der Waals surface area contributed by atoms with Crippen molar-refractivity contribution in [3.63, 3.8) is 0 Å². The van der Waals surface area contributed by atoms with Gasteiger partial charge in [0, 0.05) is 12.3 Å². The molecule has 2 aromatic carbocycles. The van der Waals surface area contributed by atoms with Gasteiger partial charge in [-0.25, -0.2) is 13.1 Å². The molecule has 0 unspecified atom stereocenters. The third-order valence-corrected chi connectivity index (χ3v) is 5.58. The highest BCUT2D eigenvalue weighted by atomic mass is 32.2. The predicted octanol–water partition coefficient (Wildman–Crippen LogP) is 2.18. The highest BCUT2D eigenvalue weighted by Gasteiger charge is 2.21. The summed E-state index contributed by atoms with van der Waals surface area (Å²) in [5.41, 5.74) is 0.663. The van der Waals surface area contributed by atoms with E-state index >= 15 is 0 Å². The Bertz CT molecular complexity index is 1050. The fraction of sp³-hybridized carbons (Fsp3) is 0.133. The maximum Gasteiger partial charge on any atom is 0.284 e. The molecule has 0 fully saturated rings. The topological polar surface area (TPSA) is 121 Å². The molecule has 134 valence electrons. The number of sulfone groups is 1. The first kappa shape index (κ1) is 18.0. The van der Waals surface area contributed by atoms with Crippen LogP contribution < -0.4 is 0 Å². The van der Waals surface area contributed by atoms with E-state index < -0.39 is 14.8 Å². The molecule has 1 heterocycles. The summed E-state index contributed by atoms with van der Waals surface area (Å²) in [6.07, 6.45) is 0.999. The van der Waals surface area contributed by atoms with Crippen LogP contribution in [0.3, 0.4) is 0 Å². The SMILES string of the molecule is CS(=O)(=O)c1ccc(Sc2nnnn2Cc2ccccc2)c([N+](=O)[O-])c1. The number of nitro groups is 1. The minimum Gasteiger partial charge on any atom is -0.258 e. The maximum absolute atomic E-state index is 11.6. The number of benzene rings is 2. The second kappa shape index (κ2) is 7.22. The van der Waals surface area contributed by atoms with E-state index in [1.165, 1.54) is 16.8 Å². The molecule has 0 amide bonds. The summed E-state index contributed by atoms with van der Waals surface area (Å²) < 4.78 is 24.8. The second-order valence-corrected chi connectivity index (χ2v) is 8.39. The van der Waals surface area contributed by atoms with E-state index in [1.54, 1.807) is 0 Å². The van der Waals surface area contributed by atoms with Crippen molar-refractivity contribution in [1.29, 1.82) is 0 Å². The van der Waals surface area contributed by atoms with Crippen molar-refractivity contribution in [2.24, 2.45) is 0 Å². The average molecular weight is 391 g/mol. The van der Waals surface area contributed by atoms with Gasteiger partial charge in [-0.3, -0.25) is 10.1 Å². The molecule has 26 heavy (non-hydrogen) atoms. The molecular weight excluding hydrogens is 378 g/mol. The van der Waals surface area contributed by atoms with E-state index in [0.717, 1.165) is 29.6 Å². The zero-order valence-electron chi connectivity index (χ0n) is 13.5. The third-order valence-electron chi connectivity index (χ3n) is 3.43. The van der Waals surface area contributed by atoms with Crippen molar-refractivity contribution in [1.82, 2.24) is 20.2 Å². The Hall–Kier alpha value is -2.79. The fourth-order valence-corrected chi connectivity index (χ4v) is 3.68. The molecule has 0 atom stereocenters. The Balaban J connectivity index is 1.93. The van der Waals surface area contributed by atoms with Crippen LogP contribution >= 0.6 is 11.8 Å². The fourth-order valence-electron chi connectivity index (χ4n) is 2.18. The number of hydrogen-bond acceptors (Lipinski definition) is 8. The third kappa shape index (κ3) is 4.06. The lowest BCUT2D eigenvalue weighted by atomic mass is 10.2. The van der Waals surface area contributed by atoms with Crippen molar-refractivity contribution in [3.05, 3.63) is 64.2 Å². The van der Waals surface area contributed by atoms with Gasteiger partial charge in [0.2, 0.25) is 5.16 Å². The van der Waals surface area contributed by atoms with Gasteiger partial charge < -0.3 is 0 Å². The summed E-state index contributed by atoms with van der Waals surface area (Å²) in [6, 6.07) is 13.3. The maximum atomic E-state index is 11.6. The molecule has 3 rings (SSSR count). The molecule has 0 aliphatic carbocycles. The first-order valence-electron chi connectivity index (χ1n) is 7.31. The molecule has 3 aromatic rings. The molecular formula is C15H13N5O4S2. The van der Waals surface area contributed by atoms with E-state index in [-0.39, 0.29) is 15.5 Å².